The lowest BCUT2D eigenvalue weighted by atomic mass is 9.97. The fourth-order valence-electron chi connectivity index (χ4n) is 5.54. The molecule has 218 valence electrons. The van der Waals surface area contributed by atoms with Crippen LogP contribution in [-0.4, -0.2) is 46.6 Å². The van der Waals surface area contributed by atoms with Crippen molar-refractivity contribution in [2.24, 2.45) is 0 Å². The van der Waals surface area contributed by atoms with Gasteiger partial charge in [0.1, 0.15) is 12.2 Å². The van der Waals surface area contributed by atoms with Gasteiger partial charge in [-0.1, -0.05) is 110 Å². The van der Waals surface area contributed by atoms with Crippen LogP contribution >= 0.6 is 11.8 Å². The predicted octanol–water partition coefficient (Wildman–Crippen LogP) is 6.81. The Morgan fingerprint density at radius 2 is 1.24 bits per heavy atom. The number of nitrogens with zero attached hydrogens (tertiary/aromatic N) is 1. The highest BCUT2D eigenvalue weighted by molar-refractivity contribution is 8.00. The molecule has 0 aromatic heterocycles. The smallest absolute Gasteiger partial charge is 0.276 e. The zero-order valence-electron chi connectivity index (χ0n) is 23.3. The van der Waals surface area contributed by atoms with Gasteiger partial charge in [0, 0.05) is 10.2 Å². The van der Waals surface area contributed by atoms with E-state index in [1.807, 2.05) is 91.0 Å². The number of benzene rings is 3. The SMILES string of the molecule is O=[N+]([O-])[C@@H]1[C@@H](OCc2ccccc2)[C@@H](OCc2ccccc2)[C@@H](COCc2ccccc2)O[C@@H]1SC1CCCCC1. The lowest BCUT2D eigenvalue weighted by molar-refractivity contribution is -0.555. The van der Waals surface area contributed by atoms with Crippen molar-refractivity contribution >= 4 is 11.8 Å². The van der Waals surface area contributed by atoms with Gasteiger partial charge in [-0.3, -0.25) is 10.1 Å². The maximum atomic E-state index is 12.7. The second-order valence-corrected chi connectivity index (χ2v) is 12.1. The minimum absolute atomic E-state index is 0.226. The quantitative estimate of drug-likeness (QED) is 0.163. The lowest BCUT2D eigenvalue weighted by Crippen LogP contribution is -2.62. The first-order valence-electron chi connectivity index (χ1n) is 14.5. The zero-order chi connectivity index (χ0) is 28.3. The van der Waals surface area contributed by atoms with Gasteiger partial charge in [0.15, 0.2) is 11.5 Å². The van der Waals surface area contributed by atoms with Crippen LogP contribution in [0.25, 0.3) is 0 Å². The molecule has 1 aliphatic carbocycles. The van der Waals surface area contributed by atoms with Crippen LogP contribution in [0.2, 0.25) is 0 Å². The Morgan fingerprint density at radius 1 is 0.732 bits per heavy atom. The molecule has 0 N–H and O–H groups in total. The summed E-state index contributed by atoms with van der Waals surface area (Å²) in [5, 5.41) is 13.0. The van der Waals surface area contributed by atoms with Crippen molar-refractivity contribution in [1.29, 1.82) is 0 Å². The summed E-state index contributed by atoms with van der Waals surface area (Å²) in [5.41, 5.74) is 2.33. The van der Waals surface area contributed by atoms with E-state index >= 15 is 0 Å². The van der Waals surface area contributed by atoms with Crippen molar-refractivity contribution in [3.8, 4) is 0 Å². The number of ether oxygens (including phenoxy) is 4. The molecule has 3 aromatic rings. The second kappa shape index (κ2) is 15.5. The number of thioether (sulfide) groups is 1. The van der Waals surface area contributed by atoms with Gasteiger partial charge >= 0.3 is 0 Å². The van der Waals surface area contributed by atoms with E-state index in [4.69, 9.17) is 18.9 Å². The van der Waals surface area contributed by atoms with E-state index in [0.29, 0.717) is 18.5 Å². The lowest BCUT2D eigenvalue weighted by Gasteiger charge is -2.43. The van der Waals surface area contributed by atoms with Crippen LogP contribution in [-0.2, 0) is 38.8 Å². The number of nitro groups is 1. The summed E-state index contributed by atoms with van der Waals surface area (Å²) in [6.45, 7) is 1.20. The van der Waals surface area contributed by atoms with E-state index in [1.54, 1.807) is 11.8 Å². The van der Waals surface area contributed by atoms with Crippen molar-refractivity contribution in [2.45, 2.75) is 87.0 Å². The molecule has 1 saturated heterocycles. The van der Waals surface area contributed by atoms with Gasteiger partial charge in [-0.15, -0.1) is 11.8 Å². The minimum Gasteiger partial charge on any atom is -0.374 e. The summed E-state index contributed by atoms with van der Waals surface area (Å²) in [6.07, 6.45) is 3.58. The first kappa shape index (κ1) is 29.7. The van der Waals surface area contributed by atoms with Gasteiger partial charge in [0.25, 0.3) is 6.04 Å². The molecule has 1 aliphatic heterocycles. The van der Waals surface area contributed by atoms with Crippen molar-refractivity contribution in [2.75, 3.05) is 6.61 Å². The summed E-state index contributed by atoms with van der Waals surface area (Å²) in [6, 6.07) is 28.5. The molecule has 1 heterocycles. The van der Waals surface area contributed by atoms with Crippen LogP contribution in [0.4, 0.5) is 0 Å². The van der Waals surface area contributed by atoms with Gasteiger partial charge in [0.05, 0.1) is 26.4 Å². The third kappa shape index (κ3) is 8.63. The number of rotatable bonds is 13. The van der Waals surface area contributed by atoms with Gasteiger partial charge in [0.2, 0.25) is 0 Å². The summed E-state index contributed by atoms with van der Waals surface area (Å²) in [5.74, 6) is 0. The maximum Gasteiger partial charge on any atom is 0.276 e. The van der Waals surface area contributed by atoms with E-state index in [9.17, 15) is 10.1 Å². The summed E-state index contributed by atoms with van der Waals surface area (Å²) in [7, 11) is 0. The van der Waals surface area contributed by atoms with E-state index in [-0.39, 0.29) is 18.1 Å². The molecule has 7 nitrogen and oxygen atoms in total. The van der Waals surface area contributed by atoms with Crippen molar-refractivity contribution < 1.29 is 23.9 Å². The highest BCUT2D eigenvalue weighted by atomic mass is 32.2. The Balaban J connectivity index is 1.40. The van der Waals surface area contributed by atoms with E-state index in [1.165, 1.54) is 6.42 Å². The Bertz CT molecular complexity index is 1180. The molecule has 1 saturated carbocycles. The van der Waals surface area contributed by atoms with Crippen LogP contribution in [0.3, 0.4) is 0 Å². The monoisotopic (exact) mass is 577 g/mol. The molecular formula is C33H39NO6S. The average Bonchev–Trinajstić information content (AvgIpc) is 3.01. The molecule has 0 spiro atoms. The molecule has 2 aliphatic rings. The fraction of sp³-hybridized carbons (Fsp3) is 0.455. The molecule has 2 fully saturated rings. The Labute approximate surface area is 246 Å². The zero-order valence-corrected chi connectivity index (χ0v) is 24.1. The predicted molar refractivity (Wildman–Crippen MR) is 160 cm³/mol. The van der Waals surface area contributed by atoms with Crippen molar-refractivity contribution in [1.82, 2.24) is 0 Å². The van der Waals surface area contributed by atoms with E-state index in [2.05, 4.69) is 0 Å². The van der Waals surface area contributed by atoms with E-state index < -0.39 is 29.8 Å². The van der Waals surface area contributed by atoms with E-state index in [0.717, 1.165) is 42.4 Å². The molecule has 41 heavy (non-hydrogen) atoms. The molecule has 0 bridgehead atoms. The summed E-state index contributed by atoms with van der Waals surface area (Å²) >= 11 is 1.60. The molecule has 3 aromatic carbocycles. The van der Waals surface area contributed by atoms with Gasteiger partial charge in [-0.05, 0) is 29.5 Å². The highest BCUT2D eigenvalue weighted by Crippen LogP contribution is 2.39. The topological polar surface area (TPSA) is 80.1 Å². The first-order chi connectivity index (χ1) is 20.2. The Kier molecular flexibility index (Phi) is 11.2. The molecule has 8 heteroatoms. The molecule has 5 atom stereocenters. The highest BCUT2D eigenvalue weighted by Gasteiger charge is 2.54. The largest absolute Gasteiger partial charge is 0.374 e. The molecule has 0 amide bonds. The van der Waals surface area contributed by atoms with Crippen LogP contribution in [0.5, 0.6) is 0 Å². The summed E-state index contributed by atoms with van der Waals surface area (Å²) in [4.78, 5) is 12.5. The minimum atomic E-state index is -1.07. The van der Waals surface area contributed by atoms with Crippen LogP contribution in [0.15, 0.2) is 91.0 Å². The normalized spacial score (nSPS) is 25.1. The third-order valence-corrected chi connectivity index (χ3v) is 9.22. The summed E-state index contributed by atoms with van der Waals surface area (Å²) < 4.78 is 25.6. The second-order valence-electron chi connectivity index (χ2n) is 10.7. The van der Waals surface area contributed by atoms with Gasteiger partial charge in [-0.25, -0.2) is 0 Å². The first-order valence-corrected chi connectivity index (χ1v) is 15.5. The van der Waals surface area contributed by atoms with Crippen molar-refractivity contribution in [3.63, 3.8) is 0 Å². The fourth-order valence-corrected chi connectivity index (χ4v) is 7.15. The average molecular weight is 578 g/mol. The molecule has 0 unspecified atom stereocenters. The number of hydrogen-bond donors (Lipinski definition) is 0. The third-order valence-electron chi connectivity index (χ3n) is 7.70. The van der Waals surface area contributed by atoms with Crippen molar-refractivity contribution in [3.05, 3.63) is 118 Å². The maximum absolute atomic E-state index is 12.7. The van der Waals surface area contributed by atoms with Crippen LogP contribution < -0.4 is 0 Å². The van der Waals surface area contributed by atoms with Gasteiger partial charge < -0.3 is 18.9 Å². The standard InChI is InChI=1S/C33H39NO6S/c35-34(36)30-32(39-23-27-17-9-3-10-18-27)31(38-22-26-15-7-2-8-16-26)29(24-37-21-25-13-5-1-6-14-25)40-33(30)41-28-19-11-4-12-20-28/h1-3,5-10,13-18,28-33H,4,11-12,19-24H2/t29-,30-,31+,32-,33-/m1/s1. The molecular weight excluding hydrogens is 538 g/mol. The molecule has 0 radical (unpaired) electrons. The van der Waals surface area contributed by atoms with Gasteiger partial charge in [-0.2, -0.15) is 0 Å². The number of hydrogen-bond acceptors (Lipinski definition) is 7. The Morgan fingerprint density at radius 3 is 1.78 bits per heavy atom. The Hall–Kier alpha value is -2.75. The van der Waals surface area contributed by atoms with Crippen LogP contribution in [0.1, 0.15) is 48.8 Å². The molecule has 5 rings (SSSR count). The van der Waals surface area contributed by atoms with Crippen LogP contribution in [0, 0.1) is 10.1 Å².